The fourth-order valence-corrected chi connectivity index (χ4v) is 1.87. The Labute approximate surface area is 76.9 Å². The van der Waals surface area contributed by atoms with E-state index in [-0.39, 0.29) is 5.75 Å². The van der Waals surface area contributed by atoms with Crippen LogP contribution in [-0.2, 0) is 4.79 Å². The molecule has 1 N–H and O–H groups in total. The Kier molecular flexibility index (Phi) is 8.51. The molecule has 2 nitrogen and oxygen atoms in total. The second-order valence-electron chi connectivity index (χ2n) is 1.87. The van der Waals surface area contributed by atoms with Gasteiger partial charge in [0.2, 0.25) is 0 Å². The number of carboxylic acid groups (broad SMARTS) is 1. The zero-order chi connectivity index (χ0) is 8.53. The van der Waals surface area contributed by atoms with Crippen molar-refractivity contribution >= 4 is 37.3 Å². The van der Waals surface area contributed by atoms with Crippen LogP contribution in [0.5, 0.6) is 0 Å². The van der Waals surface area contributed by atoms with Gasteiger partial charge in [-0.1, -0.05) is 0 Å². The average Bonchev–Trinajstić information content (AvgIpc) is 1.96. The van der Waals surface area contributed by atoms with Crippen LogP contribution in [0, 0.1) is 0 Å². The van der Waals surface area contributed by atoms with E-state index in [1.54, 1.807) is 11.8 Å². The Balaban J connectivity index is 2.85. The van der Waals surface area contributed by atoms with Crippen molar-refractivity contribution in [2.75, 3.05) is 22.9 Å². The third-order valence-electron chi connectivity index (χ3n) is 0.921. The van der Waals surface area contributed by atoms with E-state index < -0.39 is 5.97 Å². The molecule has 0 aliphatic heterocycles. The summed E-state index contributed by atoms with van der Waals surface area (Å²) in [5.41, 5.74) is 0.656. The third-order valence-corrected chi connectivity index (χ3v) is 2.76. The molecule has 0 aromatic heterocycles. The lowest BCUT2D eigenvalue weighted by Crippen LogP contribution is -1.99. The fourth-order valence-electron chi connectivity index (χ4n) is 0.506. The number of rotatable bonds is 7. The van der Waals surface area contributed by atoms with Crippen molar-refractivity contribution in [1.82, 2.24) is 0 Å². The quantitative estimate of drug-likeness (QED) is 0.481. The number of hydrogen-bond donors (Lipinski definition) is 1. The Hall–Kier alpha value is 0.235. The van der Waals surface area contributed by atoms with Crippen molar-refractivity contribution in [1.29, 1.82) is 0 Å². The highest BCUT2D eigenvalue weighted by Gasteiger charge is 1.95. The molecule has 0 atom stereocenters. The largest absolute Gasteiger partial charge is 0.481 e. The fraction of sp³-hybridized carbons (Fsp3) is 0.833. The molecule has 0 amide bonds. The van der Waals surface area contributed by atoms with E-state index >= 15 is 0 Å². The van der Waals surface area contributed by atoms with Gasteiger partial charge in [-0.15, -0.1) is 0 Å². The molecule has 62 valence electrons. The topological polar surface area (TPSA) is 37.3 Å². The van der Waals surface area contributed by atoms with Crippen LogP contribution in [0.3, 0.4) is 0 Å². The minimum atomic E-state index is -0.735. The van der Waals surface area contributed by atoms with Gasteiger partial charge in [-0.3, -0.25) is 4.79 Å². The van der Waals surface area contributed by atoms with Gasteiger partial charge in [0.15, 0.2) is 0 Å². The van der Waals surface area contributed by atoms with Crippen LogP contribution in [0.25, 0.3) is 0 Å². The number of aliphatic carboxylic acids is 1. The van der Waals surface area contributed by atoms with Crippen molar-refractivity contribution in [3.63, 3.8) is 0 Å². The smallest absolute Gasteiger partial charge is 0.313 e. The van der Waals surface area contributed by atoms with Crippen LogP contribution in [0.2, 0.25) is 0 Å². The highest BCUT2D eigenvalue weighted by molar-refractivity contribution is 8.00. The molecule has 5 heteroatoms. The Bertz CT molecular complexity index is 111. The normalized spacial score (nSPS) is 9.82. The Morgan fingerprint density at radius 3 is 2.55 bits per heavy atom. The third kappa shape index (κ3) is 10.2. The number of carbonyl (C=O) groups is 1. The predicted octanol–water partition coefficient (Wildman–Crippen LogP) is 1.05. The van der Waals surface area contributed by atoms with Gasteiger partial charge in [0.05, 0.1) is 13.6 Å². The van der Waals surface area contributed by atoms with Crippen LogP contribution < -0.4 is 0 Å². The molecule has 0 fully saturated rings. The molecule has 0 spiro atoms. The second-order valence-corrected chi connectivity index (χ2v) is 4.13. The van der Waals surface area contributed by atoms with Gasteiger partial charge in [-0.05, 0) is 23.6 Å². The molecule has 0 aromatic rings. The number of hydrogen-bond acceptors (Lipinski definition) is 3. The molecular weight excluding hydrogens is 179 g/mol. The highest BCUT2D eigenvalue weighted by Crippen LogP contribution is 2.06. The van der Waals surface area contributed by atoms with Gasteiger partial charge in [0, 0.05) is 0 Å². The maximum absolute atomic E-state index is 10.0. The maximum atomic E-state index is 10.0. The zero-order valence-corrected chi connectivity index (χ0v) is 7.92. The summed E-state index contributed by atoms with van der Waals surface area (Å²) in [5, 5.41) is 8.27. The first-order valence-electron chi connectivity index (χ1n) is 3.34. The monoisotopic (exact) mass is 190 g/mol. The average molecular weight is 190 g/mol. The van der Waals surface area contributed by atoms with Crippen LogP contribution in [0.4, 0.5) is 0 Å². The van der Waals surface area contributed by atoms with Crippen molar-refractivity contribution in [3.05, 3.63) is 0 Å². The van der Waals surface area contributed by atoms with Gasteiger partial charge in [0.25, 0.3) is 0 Å². The van der Waals surface area contributed by atoms with Crippen molar-refractivity contribution < 1.29 is 9.90 Å². The first-order valence-corrected chi connectivity index (χ1v) is 5.65. The van der Waals surface area contributed by atoms with Crippen LogP contribution in [-0.4, -0.2) is 41.8 Å². The summed E-state index contributed by atoms with van der Waals surface area (Å²) in [5.74, 6) is 1.43. The summed E-state index contributed by atoms with van der Waals surface area (Å²) >= 11 is 3.14. The summed E-state index contributed by atoms with van der Waals surface area (Å²) in [6.45, 7) is 0. The van der Waals surface area contributed by atoms with Crippen molar-refractivity contribution in [3.8, 4) is 0 Å². The molecule has 0 rings (SSSR count). The summed E-state index contributed by atoms with van der Waals surface area (Å²) < 4.78 is 0. The minimum Gasteiger partial charge on any atom is -0.481 e. The van der Waals surface area contributed by atoms with E-state index in [1.807, 2.05) is 0 Å². The molecule has 0 aliphatic carbocycles. The summed E-state index contributed by atoms with van der Waals surface area (Å²) in [6.07, 6.45) is 1.04. The van der Waals surface area contributed by atoms with E-state index in [2.05, 4.69) is 0 Å². The first kappa shape index (κ1) is 11.2. The lowest BCUT2D eigenvalue weighted by molar-refractivity contribution is -0.133. The summed E-state index contributed by atoms with van der Waals surface area (Å²) in [6, 6.07) is 0. The number of carboxylic acids is 1. The van der Waals surface area contributed by atoms with E-state index in [0.29, 0.717) is 5.65 Å². The first-order chi connectivity index (χ1) is 5.27. The van der Waals surface area contributed by atoms with E-state index in [0.717, 1.165) is 17.9 Å². The molecule has 0 saturated heterocycles. The van der Waals surface area contributed by atoms with Crippen molar-refractivity contribution in [2.24, 2.45) is 0 Å². The van der Waals surface area contributed by atoms with Crippen molar-refractivity contribution in [2.45, 2.75) is 6.42 Å². The molecule has 0 bridgehead atoms. The highest BCUT2D eigenvalue weighted by atomic mass is 32.2. The van der Waals surface area contributed by atoms with Crippen LogP contribution in [0.15, 0.2) is 0 Å². The van der Waals surface area contributed by atoms with Gasteiger partial charge in [-0.2, -0.15) is 23.5 Å². The van der Waals surface area contributed by atoms with Gasteiger partial charge < -0.3 is 5.11 Å². The molecule has 0 heterocycles. The standard InChI is InChI=1S/C6H11BO2S2/c7-5-11-3-1-2-10-4-6(8)9/h1-5H2,(H,8,9). The summed E-state index contributed by atoms with van der Waals surface area (Å²) in [4.78, 5) is 10.0. The predicted molar refractivity (Wildman–Crippen MR) is 52.7 cm³/mol. The molecule has 2 radical (unpaired) electrons. The van der Waals surface area contributed by atoms with Gasteiger partial charge >= 0.3 is 5.97 Å². The minimum absolute atomic E-state index is 0.216. The maximum Gasteiger partial charge on any atom is 0.313 e. The van der Waals surface area contributed by atoms with E-state index in [1.165, 1.54) is 11.8 Å². The lowest BCUT2D eigenvalue weighted by atomic mass is 10.2. The lowest BCUT2D eigenvalue weighted by Gasteiger charge is -1.97. The van der Waals surface area contributed by atoms with Crippen LogP contribution in [0.1, 0.15) is 6.42 Å². The molecule has 0 unspecified atom stereocenters. The van der Waals surface area contributed by atoms with Gasteiger partial charge in [-0.25, -0.2) is 0 Å². The van der Waals surface area contributed by atoms with Crippen LogP contribution >= 0.6 is 23.5 Å². The molecule has 0 aliphatic rings. The molecular formula is C6H11BO2S2. The Morgan fingerprint density at radius 1 is 1.36 bits per heavy atom. The molecule has 11 heavy (non-hydrogen) atoms. The second kappa shape index (κ2) is 8.33. The zero-order valence-electron chi connectivity index (χ0n) is 6.28. The summed E-state index contributed by atoms with van der Waals surface area (Å²) in [7, 11) is 5.25. The molecule has 0 aromatic carbocycles. The van der Waals surface area contributed by atoms with E-state index in [4.69, 9.17) is 13.0 Å². The number of thioether (sulfide) groups is 2. The SMILES string of the molecule is [B]CSCCCSCC(=O)O. The van der Waals surface area contributed by atoms with E-state index in [9.17, 15) is 4.79 Å². The Morgan fingerprint density at radius 2 is 2.00 bits per heavy atom. The molecule has 0 saturated carbocycles. The van der Waals surface area contributed by atoms with Gasteiger partial charge in [0.1, 0.15) is 0 Å².